The maximum atomic E-state index is 12.3. The molecule has 0 aliphatic carbocycles. The van der Waals surface area contributed by atoms with Crippen LogP contribution < -0.4 is 16.4 Å². The third-order valence-electron chi connectivity index (χ3n) is 3.86. The summed E-state index contributed by atoms with van der Waals surface area (Å²) >= 11 is 1.13. The van der Waals surface area contributed by atoms with Crippen molar-refractivity contribution in [3.8, 4) is 0 Å². The number of nitrogens with one attached hydrogen (secondary N) is 2. The number of carbonyl (C=O) groups excluding carboxylic acids is 2. The van der Waals surface area contributed by atoms with Crippen LogP contribution in [0.25, 0.3) is 0 Å². The molecule has 22 heavy (non-hydrogen) atoms. The molecule has 2 rings (SSSR count). The van der Waals surface area contributed by atoms with Crippen molar-refractivity contribution in [3.05, 3.63) is 16.0 Å². The summed E-state index contributed by atoms with van der Waals surface area (Å²) in [6.45, 7) is 2.74. The minimum atomic E-state index is -1.02. The molecule has 0 radical (unpaired) electrons. The molecule has 0 aromatic carbocycles. The zero-order valence-electron chi connectivity index (χ0n) is 12.6. The van der Waals surface area contributed by atoms with Gasteiger partial charge in [0.15, 0.2) is 0 Å². The minimum Gasteiger partial charge on any atom is -0.394 e. The van der Waals surface area contributed by atoms with Crippen molar-refractivity contribution in [2.24, 2.45) is 5.73 Å². The maximum absolute atomic E-state index is 12.3. The zero-order valence-corrected chi connectivity index (χ0v) is 13.5. The van der Waals surface area contributed by atoms with Gasteiger partial charge in [-0.3, -0.25) is 10.1 Å². The molecule has 1 aliphatic heterocycles. The molecule has 1 aliphatic rings. The number of anilines is 1. The van der Waals surface area contributed by atoms with Gasteiger partial charge in [0.2, 0.25) is 0 Å². The molecule has 0 bridgehead atoms. The first kappa shape index (κ1) is 16.7. The number of nitrogens with zero attached hydrogens (tertiary/aromatic N) is 1. The van der Waals surface area contributed by atoms with E-state index >= 15 is 0 Å². The topological polar surface area (TPSA) is 128 Å². The average Bonchev–Trinajstić information content (AvgIpc) is 2.79. The lowest BCUT2D eigenvalue weighted by molar-refractivity contribution is 0.0882. The third-order valence-corrected chi connectivity index (χ3v) is 5.06. The lowest BCUT2D eigenvalue weighted by Gasteiger charge is -2.39. The molecule has 122 valence electrons. The van der Waals surface area contributed by atoms with Gasteiger partial charge < -0.3 is 26.2 Å². The first-order valence-corrected chi connectivity index (χ1v) is 7.55. The highest BCUT2D eigenvalue weighted by Crippen LogP contribution is 2.42. The lowest BCUT2D eigenvalue weighted by Crippen LogP contribution is -2.56. The Kier molecular flexibility index (Phi) is 4.43. The van der Waals surface area contributed by atoms with E-state index in [2.05, 4.69) is 10.6 Å². The van der Waals surface area contributed by atoms with E-state index < -0.39 is 17.6 Å². The van der Waals surface area contributed by atoms with Crippen molar-refractivity contribution in [1.82, 2.24) is 10.2 Å². The first-order valence-electron chi connectivity index (χ1n) is 6.74. The van der Waals surface area contributed by atoms with E-state index in [1.165, 1.54) is 4.90 Å². The summed E-state index contributed by atoms with van der Waals surface area (Å²) in [4.78, 5) is 26.0. The second-order valence-electron chi connectivity index (χ2n) is 5.43. The monoisotopic (exact) mass is 328 g/mol. The summed E-state index contributed by atoms with van der Waals surface area (Å²) in [7, 11) is 1.59. The molecule has 0 saturated carbocycles. The van der Waals surface area contributed by atoms with E-state index in [9.17, 15) is 9.59 Å². The van der Waals surface area contributed by atoms with Gasteiger partial charge in [-0.25, -0.2) is 4.79 Å². The molecule has 8 nitrogen and oxygen atoms in total. The van der Waals surface area contributed by atoms with Gasteiger partial charge >= 0.3 is 6.03 Å². The molecule has 1 unspecified atom stereocenters. The Morgan fingerprint density at radius 2 is 2.09 bits per heavy atom. The fourth-order valence-electron chi connectivity index (χ4n) is 2.39. The van der Waals surface area contributed by atoms with Crippen LogP contribution >= 0.6 is 11.3 Å². The number of fused-ring (bicyclic) bond motifs is 1. The van der Waals surface area contributed by atoms with Crippen molar-refractivity contribution in [2.45, 2.75) is 25.6 Å². The highest BCUT2D eigenvalue weighted by molar-refractivity contribution is 7.18. The summed E-state index contributed by atoms with van der Waals surface area (Å²) in [5, 5.41) is 23.9. The molecule has 9 heteroatoms. The Balaban J connectivity index is 2.41. The van der Waals surface area contributed by atoms with Crippen LogP contribution in [0.5, 0.6) is 0 Å². The first-order chi connectivity index (χ1) is 10.2. The number of rotatable bonds is 4. The van der Waals surface area contributed by atoms with E-state index in [1.54, 1.807) is 20.9 Å². The second-order valence-corrected chi connectivity index (χ2v) is 6.45. The third kappa shape index (κ3) is 2.56. The highest BCUT2D eigenvalue weighted by Gasteiger charge is 2.41. The Morgan fingerprint density at radius 3 is 2.64 bits per heavy atom. The number of urea groups is 1. The second kappa shape index (κ2) is 5.84. The average molecular weight is 328 g/mol. The summed E-state index contributed by atoms with van der Waals surface area (Å²) in [5.41, 5.74) is 6.59. The largest absolute Gasteiger partial charge is 0.394 e. The number of thiophene rings is 1. The number of nitrogens with two attached hydrogens (primary N) is 1. The molecule has 2 heterocycles. The Morgan fingerprint density at radius 1 is 1.50 bits per heavy atom. The summed E-state index contributed by atoms with van der Waals surface area (Å²) in [6, 6.07) is -1.07. The smallest absolute Gasteiger partial charge is 0.323 e. The number of hydrogen-bond donors (Lipinski definition) is 5. The van der Waals surface area contributed by atoms with E-state index in [-0.39, 0.29) is 19.2 Å². The van der Waals surface area contributed by atoms with Crippen LogP contribution in [-0.4, -0.2) is 53.4 Å². The van der Waals surface area contributed by atoms with Crippen LogP contribution in [0.3, 0.4) is 0 Å². The minimum absolute atomic E-state index is 0.339. The standard InChI is InChI=1S/C13H20N4O4S/c1-6-8-11(16-12(21)17(3)13(8,2)14)22-9(6)10(20)15-7(4-18)5-19/h7,18-19H,4-5,14H2,1-3H3,(H,15,20)(H,16,21). The highest BCUT2D eigenvalue weighted by atomic mass is 32.1. The van der Waals surface area contributed by atoms with Gasteiger partial charge in [-0.15, -0.1) is 11.3 Å². The van der Waals surface area contributed by atoms with Crippen molar-refractivity contribution >= 4 is 28.3 Å². The Labute approximate surface area is 131 Å². The van der Waals surface area contributed by atoms with E-state index in [0.29, 0.717) is 21.0 Å². The van der Waals surface area contributed by atoms with Crippen LogP contribution in [0, 0.1) is 6.92 Å². The van der Waals surface area contributed by atoms with E-state index in [1.807, 2.05) is 0 Å². The molecule has 3 amide bonds. The van der Waals surface area contributed by atoms with Gasteiger partial charge in [-0.2, -0.15) is 0 Å². The molecule has 0 fully saturated rings. The molecule has 6 N–H and O–H groups in total. The number of aliphatic hydroxyl groups is 2. The van der Waals surface area contributed by atoms with Gasteiger partial charge in [0, 0.05) is 12.6 Å². The number of carbonyl (C=O) groups is 2. The van der Waals surface area contributed by atoms with Gasteiger partial charge in [0.25, 0.3) is 5.91 Å². The summed E-state index contributed by atoms with van der Waals surface area (Å²) in [6.07, 6.45) is 0. The van der Waals surface area contributed by atoms with Crippen LogP contribution in [0.4, 0.5) is 9.80 Å². The van der Waals surface area contributed by atoms with Gasteiger partial charge in [0.1, 0.15) is 10.7 Å². The van der Waals surface area contributed by atoms with Crippen molar-refractivity contribution < 1.29 is 19.8 Å². The quantitative estimate of drug-likeness (QED) is 0.521. The predicted molar refractivity (Wildman–Crippen MR) is 82.8 cm³/mol. The number of hydrogen-bond acceptors (Lipinski definition) is 6. The molecule has 1 atom stereocenters. The fourth-order valence-corrected chi connectivity index (χ4v) is 3.60. The van der Waals surface area contributed by atoms with Crippen molar-refractivity contribution in [3.63, 3.8) is 0 Å². The predicted octanol–water partition coefficient (Wildman–Crippen LogP) is -0.252. The van der Waals surface area contributed by atoms with Crippen molar-refractivity contribution in [2.75, 3.05) is 25.6 Å². The molecule has 1 aromatic rings. The van der Waals surface area contributed by atoms with Crippen molar-refractivity contribution in [1.29, 1.82) is 0 Å². The van der Waals surface area contributed by atoms with Gasteiger partial charge in [-0.05, 0) is 19.4 Å². The maximum Gasteiger partial charge on any atom is 0.323 e. The number of aliphatic hydroxyl groups excluding tert-OH is 2. The van der Waals surface area contributed by atoms with Crippen LogP contribution in [0.1, 0.15) is 27.7 Å². The summed E-state index contributed by atoms with van der Waals surface area (Å²) in [5.74, 6) is -0.419. The van der Waals surface area contributed by atoms with E-state index in [0.717, 1.165) is 11.3 Å². The van der Waals surface area contributed by atoms with Gasteiger partial charge in [-0.1, -0.05) is 0 Å². The molecule has 0 spiro atoms. The zero-order chi connectivity index (χ0) is 16.7. The lowest BCUT2D eigenvalue weighted by atomic mass is 9.96. The Hall–Kier alpha value is -1.68. The summed E-state index contributed by atoms with van der Waals surface area (Å²) < 4.78 is 0. The van der Waals surface area contributed by atoms with Crippen LogP contribution in [0.2, 0.25) is 0 Å². The fraction of sp³-hybridized carbons (Fsp3) is 0.538. The normalized spacial score (nSPS) is 20.9. The molecule has 1 aromatic heterocycles. The molecule has 0 saturated heterocycles. The van der Waals surface area contributed by atoms with Crippen LogP contribution in [0.15, 0.2) is 0 Å². The molecular weight excluding hydrogens is 308 g/mol. The van der Waals surface area contributed by atoms with Gasteiger partial charge in [0.05, 0.1) is 24.1 Å². The molecular formula is C13H20N4O4S. The SMILES string of the molecule is Cc1c(C(=O)NC(CO)CO)sc2c1C(C)(N)N(C)C(=O)N2. The van der Waals surface area contributed by atoms with Crippen LogP contribution in [-0.2, 0) is 5.66 Å². The Bertz CT molecular complexity index is 609. The number of amides is 3. The van der Waals surface area contributed by atoms with E-state index in [4.69, 9.17) is 15.9 Å².